The van der Waals surface area contributed by atoms with Gasteiger partial charge in [-0.05, 0) is 61.3 Å². The second-order valence-corrected chi connectivity index (χ2v) is 9.96. The van der Waals surface area contributed by atoms with Crippen molar-refractivity contribution in [2.45, 2.75) is 75.5 Å². The van der Waals surface area contributed by atoms with Crippen molar-refractivity contribution in [2.24, 2.45) is 5.92 Å². The van der Waals surface area contributed by atoms with E-state index in [0.29, 0.717) is 11.4 Å². The predicted molar refractivity (Wildman–Crippen MR) is 104 cm³/mol. The molecule has 0 bridgehead atoms. The first kappa shape index (κ1) is 19.4. The quantitative estimate of drug-likeness (QED) is 0.701. The van der Waals surface area contributed by atoms with E-state index in [9.17, 15) is 13.2 Å². The summed E-state index contributed by atoms with van der Waals surface area (Å²) < 4.78 is 25.0. The van der Waals surface area contributed by atoms with E-state index in [4.69, 9.17) is 0 Å². The number of aryl methyl sites for hydroxylation is 2. The molecule has 1 fully saturated rings. The van der Waals surface area contributed by atoms with Gasteiger partial charge >= 0.3 is 0 Å². The lowest BCUT2D eigenvalue weighted by molar-refractivity contribution is -0.120. The average molecular weight is 378 g/mol. The van der Waals surface area contributed by atoms with Crippen LogP contribution in [0.15, 0.2) is 23.1 Å². The molecule has 1 aromatic rings. The SMILES string of the molecule is O=C(CCS(=O)(=O)c1ccc2c(c1)CCC2)NCCCC1CCCCC1. The van der Waals surface area contributed by atoms with E-state index in [1.54, 1.807) is 12.1 Å². The van der Waals surface area contributed by atoms with Gasteiger partial charge in [-0.25, -0.2) is 8.42 Å². The standard InChI is InChI=1S/C21H31NO3S/c23-21(22-14-5-8-17-6-2-1-3-7-17)13-15-26(24,25)20-12-11-18-9-4-10-19(18)16-20/h11-12,16-17H,1-10,13-15H2,(H,22,23). The number of amides is 1. The highest BCUT2D eigenvalue weighted by Gasteiger charge is 2.20. The Kier molecular flexibility index (Phi) is 6.74. The van der Waals surface area contributed by atoms with Crippen molar-refractivity contribution < 1.29 is 13.2 Å². The van der Waals surface area contributed by atoms with Crippen LogP contribution in [0.2, 0.25) is 0 Å². The lowest BCUT2D eigenvalue weighted by Crippen LogP contribution is -2.27. The van der Waals surface area contributed by atoms with Crippen LogP contribution < -0.4 is 5.32 Å². The Morgan fingerprint density at radius 1 is 1.04 bits per heavy atom. The molecule has 0 radical (unpaired) electrons. The molecule has 26 heavy (non-hydrogen) atoms. The molecule has 2 aliphatic carbocycles. The Morgan fingerprint density at radius 2 is 1.81 bits per heavy atom. The monoisotopic (exact) mass is 377 g/mol. The Bertz CT molecular complexity index is 721. The van der Waals surface area contributed by atoms with Gasteiger partial charge in [0.25, 0.3) is 0 Å². The summed E-state index contributed by atoms with van der Waals surface area (Å²) in [6, 6.07) is 5.43. The summed E-state index contributed by atoms with van der Waals surface area (Å²) in [7, 11) is -3.39. The van der Waals surface area contributed by atoms with Crippen molar-refractivity contribution in [1.29, 1.82) is 0 Å². The lowest BCUT2D eigenvalue weighted by Gasteiger charge is -2.21. The topological polar surface area (TPSA) is 63.2 Å². The van der Waals surface area contributed by atoms with E-state index in [-0.39, 0.29) is 18.1 Å². The summed E-state index contributed by atoms with van der Waals surface area (Å²) in [6.45, 7) is 0.661. The second kappa shape index (κ2) is 9.03. The van der Waals surface area contributed by atoms with Gasteiger partial charge in [0.05, 0.1) is 10.6 Å². The first-order valence-electron chi connectivity index (χ1n) is 10.2. The molecule has 4 nitrogen and oxygen atoms in total. The normalized spacial score (nSPS) is 17.8. The van der Waals surface area contributed by atoms with Crippen molar-refractivity contribution >= 4 is 15.7 Å². The smallest absolute Gasteiger partial charge is 0.221 e. The van der Waals surface area contributed by atoms with Gasteiger partial charge in [-0.2, -0.15) is 0 Å². The third-order valence-corrected chi connectivity index (χ3v) is 7.58. The van der Waals surface area contributed by atoms with Crippen LogP contribution in [0.1, 0.15) is 68.9 Å². The molecular weight excluding hydrogens is 346 g/mol. The summed E-state index contributed by atoms with van der Waals surface area (Å²) in [5.41, 5.74) is 2.41. The minimum Gasteiger partial charge on any atom is -0.356 e. The minimum atomic E-state index is -3.39. The van der Waals surface area contributed by atoms with Crippen molar-refractivity contribution in [2.75, 3.05) is 12.3 Å². The molecule has 0 atom stereocenters. The average Bonchev–Trinajstić information content (AvgIpc) is 3.12. The van der Waals surface area contributed by atoms with E-state index in [1.165, 1.54) is 44.1 Å². The molecule has 0 aliphatic heterocycles. The molecule has 0 heterocycles. The maximum Gasteiger partial charge on any atom is 0.221 e. The van der Waals surface area contributed by atoms with Crippen LogP contribution >= 0.6 is 0 Å². The molecular formula is C21H31NO3S. The van der Waals surface area contributed by atoms with Crippen LogP contribution in [0, 0.1) is 5.92 Å². The fourth-order valence-corrected chi connectivity index (χ4v) is 5.56. The molecule has 0 unspecified atom stereocenters. The number of sulfone groups is 1. The lowest BCUT2D eigenvalue weighted by atomic mass is 9.86. The molecule has 144 valence electrons. The Balaban J connectivity index is 1.39. The predicted octanol–water partition coefficient (Wildman–Crippen LogP) is 3.82. The maximum atomic E-state index is 12.5. The van der Waals surface area contributed by atoms with Crippen molar-refractivity contribution in [3.63, 3.8) is 0 Å². The number of nitrogens with one attached hydrogen (secondary N) is 1. The van der Waals surface area contributed by atoms with E-state index in [2.05, 4.69) is 5.32 Å². The van der Waals surface area contributed by atoms with Crippen molar-refractivity contribution in [3.8, 4) is 0 Å². The molecule has 1 N–H and O–H groups in total. The number of benzene rings is 1. The third kappa shape index (κ3) is 5.32. The molecule has 1 aromatic carbocycles. The molecule has 0 aromatic heterocycles. The van der Waals surface area contributed by atoms with Gasteiger partial charge in [-0.1, -0.05) is 38.2 Å². The second-order valence-electron chi connectivity index (χ2n) is 7.85. The highest BCUT2D eigenvalue weighted by molar-refractivity contribution is 7.91. The van der Waals surface area contributed by atoms with Crippen LogP contribution in [0.5, 0.6) is 0 Å². The van der Waals surface area contributed by atoms with E-state index in [0.717, 1.165) is 37.2 Å². The van der Waals surface area contributed by atoms with Gasteiger partial charge in [0.1, 0.15) is 0 Å². The van der Waals surface area contributed by atoms with Gasteiger partial charge in [0.2, 0.25) is 5.91 Å². The summed E-state index contributed by atoms with van der Waals surface area (Å²) in [5.74, 6) is 0.555. The third-order valence-electron chi connectivity index (χ3n) is 5.86. The number of hydrogen-bond donors (Lipinski definition) is 1. The summed E-state index contributed by atoms with van der Waals surface area (Å²) in [6.07, 6.45) is 12.0. The molecule has 2 aliphatic rings. The highest BCUT2D eigenvalue weighted by Crippen LogP contribution is 2.27. The molecule has 1 saturated carbocycles. The van der Waals surface area contributed by atoms with Crippen LogP contribution in [-0.4, -0.2) is 26.6 Å². The van der Waals surface area contributed by atoms with Gasteiger partial charge in [-0.15, -0.1) is 0 Å². The van der Waals surface area contributed by atoms with Gasteiger partial charge in [0, 0.05) is 13.0 Å². The van der Waals surface area contributed by atoms with E-state index >= 15 is 0 Å². The van der Waals surface area contributed by atoms with Gasteiger partial charge in [-0.3, -0.25) is 4.79 Å². The van der Waals surface area contributed by atoms with Crippen molar-refractivity contribution in [1.82, 2.24) is 5.32 Å². The first-order chi connectivity index (χ1) is 12.5. The molecule has 3 rings (SSSR count). The Hall–Kier alpha value is -1.36. The number of carbonyl (C=O) groups excluding carboxylic acids is 1. The number of fused-ring (bicyclic) bond motifs is 1. The first-order valence-corrected chi connectivity index (χ1v) is 11.8. The van der Waals surface area contributed by atoms with Crippen LogP contribution in [0.4, 0.5) is 0 Å². The summed E-state index contributed by atoms with van der Waals surface area (Å²) in [5, 5.41) is 2.88. The molecule has 0 spiro atoms. The molecule has 0 saturated heterocycles. The number of hydrogen-bond acceptors (Lipinski definition) is 3. The fraction of sp³-hybridized carbons (Fsp3) is 0.667. The van der Waals surface area contributed by atoms with Gasteiger partial charge in [0.15, 0.2) is 9.84 Å². The van der Waals surface area contributed by atoms with E-state index < -0.39 is 9.84 Å². The summed E-state index contributed by atoms with van der Waals surface area (Å²) in [4.78, 5) is 12.3. The number of carbonyl (C=O) groups is 1. The zero-order chi connectivity index (χ0) is 18.4. The highest BCUT2D eigenvalue weighted by atomic mass is 32.2. The Morgan fingerprint density at radius 3 is 2.62 bits per heavy atom. The van der Waals surface area contributed by atoms with Gasteiger partial charge < -0.3 is 5.32 Å². The largest absolute Gasteiger partial charge is 0.356 e. The van der Waals surface area contributed by atoms with E-state index in [1.807, 2.05) is 6.07 Å². The fourth-order valence-electron chi connectivity index (χ4n) is 4.27. The van der Waals surface area contributed by atoms with Crippen LogP contribution in [0.3, 0.4) is 0 Å². The molecule has 5 heteroatoms. The Labute approximate surface area is 157 Å². The minimum absolute atomic E-state index is 0.0445. The summed E-state index contributed by atoms with van der Waals surface area (Å²) >= 11 is 0. The zero-order valence-corrected chi connectivity index (χ0v) is 16.5. The van der Waals surface area contributed by atoms with Crippen molar-refractivity contribution in [3.05, 3.63) is 29.3 Å². The van der Waals surface area contributed by atoms with Crippen LogP contribution in [0.25, 0.3) is 0 Å². The maximum absolute atomic E-state index is 12.5. The molecule has 1 amide bonds. The zero-order valence-electron chi connectivity index (χ0n) is 15.6. The number of rotatable bonds is 8. The van der Waals surface area contributed by atoms with Crippen LogP contribution in [-0.2, 0) is 27.5 Å².